The third kappa shape index (κ3) is 9.08. The molecule has 2 heterocycles. The normalized spacial score (nSPS) is 14.1. The second-order valence-electron chi connectivity index (χ2n) is 11.5. The molecule has 0 saturated carbocycles. The molecule has 0 fully saturated rings. The molecule has 0 bridgehead atoms. The van der Waals surface area contributed by atoms with Crippen LogP contribution in [0.5, 0.6) is 0 Å². The number of aromatic nitrogens is 4. The number of imidazole rings is 1. The minimum absolute atomic E-state index is 0.0108. The molecule has 0 aliphatic rings. The van der Waals surface area contributed by atoms with Gasteiger partial charge in [0.1, 0.15) is 12.1 Å². The van der Waals surface area contributed by atoms with Crippen molar-refractivity contribution in [3.05, 3.63) is 16.7 Å². The number of amides is 2. The van der Waals surface area contributed by atoms with Gasteiger partial charge in [0.15, 0.2) is 17.4 Å². The van der Waals surface area contributed by atoms with Crippen LogP contribution in [0, 0.1) is 11.8 Å². The average molecular weight is 654 g/mol. The highest BCUT2D eigenvalue weighted by atomic mass is 16.6. The molecule has 258 valence electrons. The maximum atomic E-state index is 13.7. The van der Waals surface area contributed by atoms with Crippen molar-refractivity contribution in [3.63, 3.8) is 0 Å². The fourth-order valence-corrected chi connectivity index (χ4v) is 5.11. The van der Waals surface area contributed by atoms with Crippen LogP contribution in [-0.4, -0.2) is 109 Å². The highest BCUT2D eigenvalue weighted by Gasteiger charge is 2.45. The number of hydrogen-bond acceptors (Lipinski definition) is 11. The Morgan fingerprint density at radius 3 is 1.98 bits per heavy atom. The first-order valence-corrected chi connectivity index (χ1v) is 15.3. The molecule has 2 amide bonds. The quantitative estimate of drug-likeness (QED) is 0.134. The number of aromatic amines is 1. The van der Waals surface area contributed by atoms with Gasteiger partial charge in [-0.3, -0.25) is 19.6 Å². The summed E-state index contributed by atoms with van der Waals surface area (Å²) >= 11 is 0. The van der Waals surface area contributed by atoms with Gasteiger partial charge >= 0.3 is 24.1 Å². The molecule has 0 aliphatic heterocycles. The number of carboxylic acids is 2. The van der Waals surface area contributed by atoms with E-state index in [-0.39, 0.29) is 30.3 Å². The Bertz CT molecular complexity index is 1390. The number of methoxy groups -OCH3 is 1. The number of nitrogens with two attached hydrogens (primary N) is 1. The van der Waals surface area contributed by atoms with Gasteiger partial charge in [-0.15, -0.1) is 0 Å². The van der Waals surface area contributed by atoms with Gasteiger partial charge in [-0.1, -0.05) is 54.4 Å². The average Bonchev–Trinajstić information content (AvgIpc) is 3.38. The molecule has 17 heteroatoms. The number of ether oxygens (including phenoxy) is 3. The van der Waals surface area contributed by atoms with Crippen LogP contribution in [0.15, 0.2) is 11.1 Å². The summed E-state index contributed by atoms with van der Waals surface area (Å²) in [6, 6.07) is -4.24. The molecule has 2 unspecified atom stereocenters. The molecule has 0 aromatic carbocycles. The number of carbonyl (C=O) groups is 4. The standard InChI is InChI=1S/C29H47N7O10/c1-8-10-12-45-28(42)34(20(16(3)4)25(38)39)14-18(35-15-31-19-22(35)32-27(30)33-23(19)37)24(44-7)36(21(17(5)6)26(40)41)29(43)46-13-11-9-2/h15-18,20-21,24H,8-14H2,1-7H3,(H,38,39)(H,40,41)(H3,30,32,33,37)/t18?,20-,21-,24?/m0/s1. The van der Waals surface area contributed by atoms with Crippen molar-refractivity contribution in [1.29, 1.82) is 0 Å². The Morgan fingerprint density at radius 1 is 0.957 bits per heavy atom. The molecule has 0 saturated heterocycles. The summed E-state index contributed by atoms with van der Waals surface area (Å²) in [4.78, 5) is 77.8. The van der Waals surface area contributed by atoms with E-state index >= 15 is 0 Å². The fraction of sp³-hybridized carbons (Fsp3) is 0.690. The molecule has 17 nitrogen and oxygen atoms in total. The van der Waals surface area contributed by atoms with E-state index in [9.17, 15) is 34.2 Å². The summed E-state index contributed by atoms with van der Waals surface area (Å²) in [5.41, 5.74) is 4.93. The predicted molar refractivity (Wildman–Crippen MR) is 166 cm³/mol. The van der Waals surface area contributed by atoms with Gasteiger partial charge < -0.3 is 34.7 Å². The van der Waals surface area contributed by atoms with Crippen LogP contribution >= 0.6 is 0 Å². The Hall–Kier alpha value is -4.41. The number of nitrogens with one attached hydrogen (secondary N) is 1. The van der Waals surface area contributed by atoms with E-state index in [0.29, 0.717) is 25.7 Å². The third-order valence-electron chi connectivity index (χ3n) is 7.33. The summed E-state index contributed by atoms with van der Waals surface area (Å²) in [7, 11) is 1.22. The molecule has 5 N–H and O–H groups in total. The van der Waals surface area contributed by atoms with E-state index in [1.807, 2.05) is 13.8 Å². The summed E-state index contributed by atoms with van der Waals surface area (Å²) < 4.78 is 18.1. The number of anilines is 1. The molecule has 4 atom stereocenters. The van der Waals surface area contributed by atoms with Crippen molar-refractivity contribution in [2.75, 3.05) is 32.6 Å². The number of hydrogen-bond donors (Lipinski definition) is 4. The molecule has 46 heavy (non-hydrogen) atoms. The lowest BCUT2D eigenvalue weighted by molar-refractivity contribution is -0.154. The predicted octanol–water partition coefficient (Wildman–Crippen LogP) is 2.91. The SMILES string of the molecule is CCCCOC(=O)N(CC(C(OC)N(C(=O)OCCCC)[C@H](C(=O)O)C(C)C)n1cnc2c(=O)[nH]c(N)nc21)[C@H](C(=O)O)C(C)C. The third-order valence-corrected chi connectivity index (χ3v) is 7.33. The zero-order valence-corrected chi connectivity index (χ0v) is 27.5. The minimum Gasteiger partial charge on any atom is -0.480 e. The highest BCUT2D eigenvalue weighted by Crippen LogP contribution is 2.30. The molecule has 2 aromatic heterocycles. The van der Waals surface area contributed by atoms with E-state index in [1.54, 1.807) is 27.7 Å². The number of carbonyl (C=O) groups excluding carboxylic acids is 2. The fourth-order valence-electron chi connectivity index (χ4n) is 5.11. The number of fused-ring (bicyclic) bond motifs is 1. The van der Waals surface area contributed by atoms with Crippen molar-refractivity contribution < 1.29 is 43.6 Å². The van der Waals surface area contributed by atoms with Crippen molar-refractivity contribution in [3.8, 4) is 0 Å². The Labute approximate surface area is 267 Å². The van der Waals surface area contributed by atoms with E-state index in [0.717, 1.165) is 9.80 Å². The van der Waals surface area contributed by atoms with E-state index in [2.05, 4.69) is 15.0 Å². The molecule has 2 rings (SSSR count). The van der Waals surface area contributed by atoms with Gasteiger partial charge in [-0.25, -0.2) is 24.2 Å². The van der Waals surface area contributed by atoms with Gasteiger partial charge in [0.25, 0.3) is 5.56 Å². The van der Waals surface area contributed by atoms with E-state index in [4.69, 9.17) is 19.9 Å². The molecule has 0 radical (unpaired) electrons. The number of unbranched alkanes of at least 4 members (excludes halogenated alkanes) is 2. The maximum Gasteiger partial charge on any atom is 0.412 e. The lowest BCUT2D eigenvalue weighted by atomic mass is 10.00. The molecule has 0 aliphatic carbocycles. The Morgan fingerprint density at radius 2 is 1.50 bits per heavy atom. The van der Waals surface area contributed by atoms with Gasteiger partial charge in [0.2, 0.25) is 5.95 Å². The van der Waals surface area contributed by atoms with Crippen LogP contribution < -0.4 is 11.3 Å². The van der Waals surface area contributed by atoms with Crippen LogP contribution in [0.1, 0.15) is 73.3 Å². The van der Waals surface area contributed by atoms with Crippen LogP contribution in [0.2, 0.25) is 0 Å². The lowest BCUT2D eigenvalue weighted by Gasteiger charge is -2.42. The van der Waals surface area contributed by atoms with Gasteiger partial charge in [-0.2, -0.15) is 4.98 Å². The van der Waals surface area contributed by atoms with Crippen LogP contribution in [0.25, 0.3) is 11.2 Å². The monoisotopic (exact) mass is 653 g/mol. The lowest BCUT2D eigenvalue weighted by Crippen LogP contribution is -2.59. The number of aliphatic carboxylic acids is 2. The topological polar surface area (TPSA) is 232 Å². The van der Waals surface area contributed by atoms with Crippen molar-refractivity contribution in [2.45, 2.75) is 91.6 Å². The van der Waals surface area contributed by atoms with Gasteiger partial charge in [0.05, 0.1) is 32.1 Å². The van der Waals surface area contributed by atoms with Crippen molar-refractivity contribution in [2.24, 2.45) is 11.8 Å². The number of carboxylic acid groups (broad SMARTS) is 2. The minimum atomic E-state index is -1.54. The summed E-state index contributed by atoms with van der Waals surface area (Å²) in [6.07, 6.45) is 0.108. The first kappa shape index (κ1) is 37.8. The van der Waals surface area contributed by atoms with Gasteiger partial charge in [-0.05, 0) is 24.7 Å². The van der Waals surface area contributed by atoms with Crippen LogP contribution in [0.4, 0.5) is 15.5 Å². The molecule has 2 aromatic rings. The highest BCUT2D eigenvalue weighted by molar-refractivity contribution is 5.81. The largest absolute Gasteiger partial charge is 0.480 e. The smallest absolute Gasteiger partial charge is 0.412 e. The zero-order valence-electron chi connectivity index (χ0n) is 27.5. The molecule has 0 spiro atoms. The first-order chi connectivity index (χ1) is 21.7. The summed E-state index contributed by atoms with van der Waals surface area (Å²) in [6.45, 7) is 9.68. The van der Waals surface area contributed by atoms with E-state index < -0.39 is 72.4 Å². The zero-order chi connectivity index (χ0) is 34.7. The number of rotatable bonds is 18. The summed E-state index contributed by atoms with van der Waals surface area (Å²) in [5, 5.41) is 20.5. The summed E-state index contributed by atoms with van der Waals surface area (Å²) in [5.74, 6) is -4.24. The first-order valence-electron chi connectivity index (χ1n) is 15.3. The Kier molecular flexibility index (Phi) is 14.2. The van der Waals surface area contributed by atoms with Crippen LogP contribution in [-0.2, 0) is 23.8 Å². The number of nitrogen functional groups attached to an aromatic ring is 1. The van der Waals surface area contributed by atoms with Gasteiger partial charge in [0, 0.05) is 7.11 Å². The van der Waals surface area contributed by atoms with Crippen LogP contribution in [0.3, 0.4) is 0 Å². The van der Waals surface area contributed by atoms with Crippen molar-refractivity contribution in [1.82, 2.24) is 29.3 Å². The number of H-pyrrole nitrogens is 1. The Balaban J connectivity index is 2.92. The second kappa shape index (κ2) is 17.3. The molecular weight excluding hydrogens is 606 g/mol. The number of nitrogens with zero attached hydrogens (tertiary/aromatic N) is 5. The van der Waals surface area contributed by atoms with Crippen molar-refractivity contribution >= 4 is 41.2 Å². The second-order valence-corrected chi connectivity index (χ2v) is 11.5. The molecular formula is C29H47N7O10. The van der Waals surface area contributed by atoms with E-state index in [1.165, 1.54) is 18.0 Å². The maximum absolute atomic E-state index is 13.7.